The Morgan fingerprint density at radius 3 is 2.81 bits per heavy atom. The van der Waals surface area contributed by atoms with Crippen LogP contribution in [0.2, 0.25) is 0 Å². The molecule has 5 heteroatoms. The Kier molecular flexibility index (Phi) is 4.21. The number of aryl methyl sites for hydroxylation is 2. The van der Waals surface area contributed by atoms with Gasteiger partial charge in [-0.25, -0.2) is 0 Å². The van der Waals surface area contributed by atoms with Gasteiger partial charge in [0.25, 0.3) is 5.56 Å². The quantitative estimate of drug-likeness (QED) is 0.579. The lowest BCUT2D eigenvalue weighted by Crippen LogP contribution is -2.29. The standard InChI is InChI=1S/C21H20N2O3/c1-14(22-26-13-15-7-3-2-4-8-15)18-20(24)17-11-5-9-16-10-6-12-23(19(16)17)21(18)25/h2-5,7-9,11,24H,6,10,12-13H2,1H3/b22-14+. The molecule has 132 valence electrons. The van der Waals surface area contributed by atoms with Crippen LogP contribution in [0.1, 0.15) is 30.0 Å². The zero-order valence-corrected chi connectivity index (χ0v) is 14.6. The third kappa shape index (κ3) is 2.75. The first-order valence-corrected chi connectivity index (χ1v) is 8.75. The summed E-state index contributed by atoms with van der Waals surface area (Å²) < 4.78 is 1.75. The summed E-state index contributed by atoms with van der Waals surface area (Å²) in [5.74, 6) is -0.0189. The summed E-state index contributed by atoms with van der Waals surface area (Å²) in [6.07, 6.45) is 1.83. The summed E-state index contributed by atoms with van der Waals surface area (Å²) in [5.41, 5.74) is 3.30. The molecule has 1 N–H and O–H groups in total. The minimum absolute atomic E-state index is 0.0189. The Morgan fingerprint density at radius 1 is 1.19 bits per heavy atom. The summed E-state index contributed by atoms with van der Waals surface area (Å²) in [7, 11) is 0. The molecule has 0 radical (unpaired) electrons. The SMILES string of the molecule is C/C(=N\OCc1ccccc1)c1c(O)c2cccc3c2n(c1=O)CCC3. The van der Waals surface area contributed by atoms with E-state index in [0.717, 1.165) is 29.5 Å². The second kappa shape index (κ2) is 6.67. The van der Waals surface area contributed by atoms with Gasteiger partial charge in [-0.3, -0.25) is 4.79 Å². The van der Waals surface area contributed by atoms with Crippen molar-refractivity contribution in [2.75, 3.05) is 0 Å². The van der Waals surface area contributed by atoms with E-state index in [1.54, 1.807) is 11.5 Å². The van der Waals surface area contributed by atoms with Crippen LogP contribution in [0.5, 0.6) is 5.75 Å². The number of nitrogens with zero attached hydrogens (tertiary/aromatic N) is 2. The molecule has 0 fully saturated rings. The predicted molar refractivity (Wildman–Crippen MR) is 102 cm³/mol. The van der Waals surface area contributed by atoms with Crippen molar-refractivity contribution in [3.63, 3.8) is 0 Å². The Hall–Kier alpha value is -3.08. The van der Waals surface area contributed by atoms with Gasteiger partial charge in [-0.15, -0.1) is 0 Å². The molecule has 0 atom stereocenters. The maximum Gasteiger partial charge on any atom is 0.264 e. The second-order valence-electron chi connectivity index (χ2n) is 6.53. The number of hydrogen-bond acceptors (Lipinski definition) is 4. The van der Waals surface area contributed by atoms with Gasteiger partial charge in [-0.05, 0) is 37.0 Å². The van der Waals surface area contributed by atoms with Crippen molar-refractivity contribution in [1.29, 1.82) is 0 Å². The highest BCUT2D eigenvalue weighted by Crippen LogP contribution is 2.31. The molecule has 0 amide bonds. The van der Waals surface area contributed by atoms with Gasteiger partial charge < -0.3 is 14.5 Å². The van der Waals surface area contributed by atoms with Crippen LogP contribution >= 0.6 is 0 Å². The largest absolute Gasteiger partial charge is 0.506 e. The predicted octanol–water partition coefficient (Wildman–Crippen LogP) is 3.59. The summed E-state index contributed by atoms with van der Waals surface area (Å²) in [6.45, 7) is 2.65. The number of benzene rings is 2. The van der Waals surface area contributed by atoms with E-state index < -0.39 is 0 Å². The van der Waals surface area contributed by atoms with Gasteiger partial charge in [0, 0.05) is 11.9 Å². The minimum atomic E-state index is -0.216. The molecule has 1 aliphatic rings. The maximum absolute atomic E-state index is 13.0. The van der Waals surface area contributed by atoms with Crippen LogP contribution < -0.4 is 5.56 Å². The highest BCUT2D eigenvalue weighted by molar-refractivity contribution is 6.05. The Balaban J connectivity index is 1.74. The van der Waals surface area contributed by atoms with Gasteiger partial charge in [0.05, 0.1) is 11.2 Å². The molecule has 0 aliphatic carbocycles. The Bertz CT molecular complexity index is 1050. The Morgan fingerprint density at radius 2 is 2.00 bits per heavy atom. The highest BCUT2D eigenvalue weighted by atomic mass is 16.6. The molecule has 0 saturated carbocycles. The lowest BCUT2D eigenvalue weighted by Gasteiger charge is -2.21. The van der Waals surface area contributed by atoms with Crippen molar-refractivity contribution >= 4 is 16.6 Å². The number of hydrogen-bond donors (Lipinski definition) is 1. The normalized spacial score (nSPS) is 13.8. The van der Waals surface area contributed by atoms with Crippen molar-refractivity contribution < 1.29 is 9.94 Å². The zero-order chi connectivity index (χ0) is 18.1. The van der Waals surface area contributed by atoms with E-state index in [4.69, 9.17) is 4.84 Å². The molecule has 26 heavy (non-hydrogen) atoms. The van der Waals surface area contributed by atoms with Crippen LogP contribution in [-0.4, -0.2) is 15.4 Å². The second-order valence-corrected chi connectivity index (χ2v) is 6.53. The van der Waals surface area contributed by atoms with Gasteiger partial charge in [0.2, 0.25) is 0 Å². The molecular formula is C21H20N2O3. The fourth-order valence-electron chi connectivity index (χ4n) is 3.57. The summed E-state index contributed by atoms with van der Waals surface area (Å²) in [4.78, 5) is 18.4. The molecule has 0 spiro atoms. The number of aromatic hydroxyl groups is 1. The molecule has 0 bridgehead atoms. The molecule has 2 heterocycles. The van der Waals surface area contributed by atoms with Crippen molar-refractivity contribution in [2.45, 2.75) is 32.9 Å². The highest BCUT2D eigenvalue weighted by Gasteiger charge is 2.22. The third-order valence-corrected chi connectivity index (χ3v) is 4.81. The number of aromatic nitrogens is 1. The van der Waals surface area contributed by atoms with E-state index in [2.05, 4.69) is 5.16 Å². The molecular weight excluding hydrogens is 328 g/mol. The molecule has 0 saturated heterocycles. The number of pyridine rings is 1. The first kappa shape index (κ1) is 16.4. The van der Waals surface area contributed by atoms with E-state index in [1.807, 2.05) is 48.5 Å². The van der Waals surface area contributed by atoms with E-state index in [0.29, 0.717) is 24.2 Å². The average molecular weight is 348 g/mol. The van der Waals surface area contributed by atoms with Gasteiger partial charge in [-0.1, -0.05) is 47.6 Å². The molecule has 1 aromatic heterocycles. The van der Waals surface area contributed by atoms with Gasteiger partial charge in [0.1, 0.15) is 17.9 Å². The van der Waals surface area contributed by atoms with Gasteiger partial charge in [-0.2, -0.15) is 0 Å². The van der Waals surface area contributed by atoms with Crippen molar-refractivity contribution in [1.82, 2.24) is 4.57 Å². The fourth-order valence-corrected chi connectivity index (χ4v) is 3.57. The van der Waals surface area contributed by atoms with E-state index in [1.165, 1.54) is 0 Å². The minimum Gasteiger partial charge on any atom is -0.506 e. The van der Waals surface area contributed by atoms with Crippen LogP contribution in [0.3, 0.4) is 0 Å². The van der Waals surface area contributed by atoms with Crippen molar-refractivity contribution in [2.24, 2.45) is 5.16 Å². The average Bonchev–Trinajstić information content (AvgIpc) is 2.67. The molecule has 4 rings (SSSR count). The third-order valence-electron chi connectivity index (χ3n) is 4.81. The lowest BCUT2D eigenvalue weighted by molar-refractivity contribution is 0.130. The van der Waals surface area contributed by atoms with Gasteiger partial charge >= 0.3 is 0 Å². The number of rotatable bonds is 4. The molecule has 2 aromatic carbocycles. The monoisotopic (exact) mass is 348 g/mol. The van der Waals surface area contributed by atoms with E-state index in [9.17, 15) is 9.90 Å². The van der Waals surface area contributed by atoms with Crippen LogP contribution in [0.4, 0.5) is 0 Å². The first-order valence-electron chi connectivity index (χ1n) is 8.75. The van der Waals surface area contributed by atoms with Crippen molar-refractivity contribution in [3.05, 3.63) is 75.6 Å². The topological polar surface area (TPSA) is 63.8 Å². The summed E-state index contributed by atoms with van der Waals surface area (Å²) in [5, 5.41) is 15.5. The summed E-state index contributed by atoms with van der Waals surface area (Å²) >= 11 is 0. The maximum atomic E-state index is 13.0. The van der Waals surface area contributed by atoms with Crippen LogP contribution in [0, 0.1) is 0 Å². The number of para-hydroxylation sites is 1. The van der Waals surface area contributed by atoms with Crippen molar-refractivity contribution in [3.8, 4) is 5.75 Å². The molecule has 1 aliphatic heterocycles. The van der Waals surface area contributed by atoms with Gasteiger partial charge in [0.15, 0.2) is 0 Å². The van der Waals surface area contributed by atoms with E-state index in [-0.39, 0.29) is 16.9 Å². The summed E-state index contributed by atoms with van der Waals surface area (Å²) in [6, 6.07) is 15.5. The van der Waals surface area contributed by atoms with Crippen LogP contribution in [0.15, 0.2) is 58.5 Å². The molecule has 0 unspecified atom stereocenters. The Labute approximate surface area is 151 Å². The first-order chi connectivity index (χ1) is 12.7. The van der Waals surface area contributed by atoms with E-state index >= 15 is 0 Å². The molecule has 3 aromatic rings. The fraction of sp³-hybridized carbons (Fsp3) is 0.238. The van der Waals surface area contributed by atoms with Crippen LogP contribution in [-0.2, 0) is 24.4 Å². The molecule has 5 nitrogen and oxygen atoms in total. The smallest absolute Gasteiger partial charge is 0.264 e. The number of oxime groups is 1. The zero-order valence-electron chi connectivity index (χ0n) is 14.6. The lowest BCUT2D eigenvalue weighted by atomic mass is 9.98. The van der Waals surface area contributed by atoms with Crippen LogP contribution in [0.25, 0.3) is 10.9 Å².